The zero-order valence-corrected chi connectivity index (χ0v) is 59.2. The van der Waals surface area contributed by atoms with Gasteiger partial charge in [-0.2, -0.15) is 0 Å². The van der Waals surface area contributed by atoms with Crippen molar-refractivity contribution in [2.75, 3.05) is 0 Å². The van der Waals surface area contributed by atoms with Crippen molar-refractivity contribution in [2.24, 2.45) is 0 Å². The molecule has 0 N–H and O–H groups in total. The van der Waals surface area contributed by atoms with Gasteiger partial charge in [0.25, 0.3) is 0 Å². The van der Waals surface area contributed by atoms with Gasteiger partial charge in [0.1, 0.15) is 0 Å². The zero-order valence-electron chi connectivity index (χ0n) is 59.2. The standard InChI is InChI=1S/2C51H30N4/c1-52-41-22-24-44-43-23-21-34(29-47(43)55(48(44)30-41)42-15-9-4-10-16-42)39-25-35-17-19-37-27-40(28-38-20-18-36(26-39)49(35)50(37)38)51-53-45(32-11-5-2-6-12-32)31-46(54-51)33-13-7-3-8-14-33;1-52-42-18-20-45-44-19-17-32(30-48(44)55(49(45)31-42)43-9-3-2-4-10-43)37-23-33-13-15-35-25-38(26-36-16-14-34(24-37)50(33)51(35)36)39-27-40(46-11-5-7-21-53-46)29-41(28-39)47-12-6-8-22-54-47/h2*2-31H. The van der Waals surface area contributed by atoms with E-state index in [2.05, 4.69) is 284 Å². The lowest BCUT2D eigenvalue weighted by Crippen LogP contribution is -1.96. The van der Waals surface area contributed by atoms with E-state index in [1.54, 1.807) is 0 Å². The van der Waals surface area contributed by atoms with Crippen molar-refractivity contribution in [1.29, 1.82) is 0 Å². The Balaban J connectivity index is 0.000000140. The molecule has 0 amide bonds. The Labute approximate surface area is 632 Å². The highest BCUT2D eigenvalue weighted by molar-refractivity contribution is 6.26. The molecule has 0 saturated heterocycles. The van der Waals surface area contributed by atoms with E-state index < -0.39 is 0 Å². The first-order valence-corrected chi connectivity index (χ1v) is 36.8. The second-order valence-corrected chi connectivity index (χ2v) is 28.3. The molecule has 0 unspecified atom stereocenters. The fraction of sp³-hybridized carbons (Fsp3) is 0. The first kappa shape index (κ1) is 63.3. The van der Waals surface area contributed by atoms with Gasteiger partial charge in [-0.25, -0.2) is 19.7 Å². The molecule has 5 aromatic heterocycles. The minimum Gasteiger partial charge on any atom is -0.310 e. The number of aromatic nitrogens is 6. The second kappa shape index (κ2) is 25.8. The van der Waals surface area contributed by atoms with Gasteiger partial charge in [0, 0.05) is 84.2 Å². The molecule has 110 heavy (non-hydrogen) atoms. The lowest BCUT2D eigenvalue weighted by atomic mass is 9.88. The Morgan fingerprint density at radius 1 is 0.218 bits per heavy atom. The maximum Gasteiger partial charge on any atom is 0.189 e. The Morgan fingerprint density at radius 2 is 0.527 bits per heavy atom. The minimum atomic E-state index is 0.636. The van der Waals surface area contributed by atoms with E-state index in [0.717, 1.165) is 117 Å². The van der Waals surface area contributed by atoms with E-state index in [1.165, 1.54) is 86.5 Å². The highest BCUT2D eigenvalue weighted by Crippen LogP contribution is 2.46. The summed E-state index contributed by atoms with van der Waals surface area (Å²) in [5, 5.41) is 19.3. The molecule has 22 rings (SSSR count). The van der Waals surface area contributed by atoms with E-state index in [1.807, 2.05) is 109 Å². The van der Waals surface area contributed by atoms with E-state index >= 15 is 0 Å². The summed E-state index contributed by atoms with van der Waals surface area (Å²) in [7, 11) is 0. The van der Waals surface area contributed by atoms with Gasteiger partial charge in [0.2, 0.25) is 0 Å². The molecule has 22 aromatic rings. The summed E-state index contributed by atoms with van der Waals surface area (Å²) in [5.41, 5.74) is 23.6. The quantitative estimate of drug-likeness (QED) is 0.101. The minimum absolute atomic E-state index is 0.636. The van der Waals surface area contributed by atoms with Crippen molar-refractivity contribution < 1.29 is 0 Å². The van der Waals surface area contributed by atoms with Gasteiger partial charge in [0.05, 0.1) is 47.0 Å². The van der Waals surface area contributed by atoms with Crippen LogP contribution < -0.4 is 0 Å². The number of hydrogen-bond donors (Lipinski definition) is 0. The van der Waals surface area contributed by atoms with Crippen LogP contribution in [0.4, 0.5) is 11.4 Å². The smallest absolute Gasteiger partial charge is 0.189 e. The lowest BCUT2D eigenvalue weighted by molar-refractivity contribution is 1.18. The Hall–Kier alpha value is -15.2. The molecular weight excluding hydrogens is 1340 g/mol. The van der Waals surface area contributed by atoms with Gasteiger partial charge in [-0.05, 0) is 244 Å². The summed E-state index contributed by atoms with van der Waals surface area (Å²) in [5.74, 6) is 0.710. The first-order valence-electron chi connectivity index (χ1n) is 36.8. The van der Waals surface area contributed by atoms with Crippen LogP contribution in [0.15, 0.2) is 364 Å². The third-order valence-electron chi connectivity index (χ3n) is 21.8. The van der Waals surface area contributed by atoms with E-state index in [-0.39, 0.29) is 0 Å². The fourth-order valence-electron chi connectivity index (χ4n) is 16.8. The van der Waals surface area contributed by atoms with Crippen molar-refractivity contribution in [2.45, 2.75) is 0 Å². The third-order valence-corrected chi connectivity index (χ3v) is 21.8. The van der Waals surface area contributed by atoms with Crippen molar-refractivity contribution >= 4 is 120 Å². The van der Waals surface area contributed by atoms with Crippen LogP contribution in [-0.4, -0.2) is 29.1 Å². The number of fused-ring (bicyclic) bond motifs is 6. The van der Waals surface area contributed by atoms with Crippen molar-refractivity contribution in [3.05, 3.63) is 387 Å². The van der Waals surface area contributed by atoms with Crippen LogP contribution in [0.25, 0.3) is 219 Å². The van der Waals surface area contributed by atoms with Gasteiger partial charge < -0.3 is 9.13 Å². The molecule has 0 saturated carbocycles. The van der Waals surface area contributed by atoms with Crippen LogP contribution in [0, 0.1) is 13.1 Å². The summed E-state index contributed by atoms with van der Waals surface area (Å²) < 4.78 is 4.57. The molecule has 0 aliphatic heterocycles. The van der Waals surface area contributed by atoms with Crippen LogP contribution in [0.3, 0.4) is 0 Å². The zero-order chi connectivity index (χ0) is 72.9. The van der Waals surface area contributed by atoms with Crippen molar-refractivity contribution in [3.8, 4) is 101 Å². The normalized spacial score (nSPS) is 11.6. The molecule has 5 heterocycles. The van der Waals surface area contributed by atoms with E-state index in [0.29, 0.717) is 17.2 Å². The van der Waals surface area contributed by atoms with Crippen LogP contribution in [0.2, 0.25) is 0 Å². The lowest BCUT2D eigenvalue weighted by Gasteiger charge is -2.16. The summed E-state index contributed by atoms with van der Waals surface area (Å²) in [4.78, 5) is 27.1. The average molecular weight is 1400 g/mol. The summed E-state index contributed by atoms with van der Waals surface area (Å²) in [6.07, 6.45) is 3.69. The molecule has 8 heteroatoms. The molecule has 0 aliphatic rings. The average Bonchev–Trinajstić information content (AvgIpc) is 0.957. The van der Waals surface area contributed by atoms with Crippen molar-refractivity contribution in [3.63, 3.8) is 0 Å². The number of pyridine rings is 2. The van der Waals surface area contributed by atoms with Gasteiger partial charge >= 0.3 is 0 Å². The highest BCUT2D eigenvalue weighted by atomic mass is 15.0. The van der Waals surface area contributed by atoms with Gasteiger partial charge in [-0.3, -0.25) is 9.97 Å². The molecule has 0 bridgehead atoms. The third kappa shape index (κ3) is 10.8. The maximum atomic E-state index is 7.66. The Morgan fingerprint density at radius 3 is 0.882 bits per heavy atom. The highest BCUT2D eigenvalue weighted by Gasteiger charge is 2.22. The fourth-order valence-corrected chi connectivity index (χ4v) is 16.8. The van der Waals surface area contributed by atoms with Crippen LogP contribution >= 0.6 is 0 Å². The molecule has 0 aliphatic carbocycles. The number of benzene rings is 17. The molecular formula is C102H60N8. The van der Waals surface area contributed by atoms with Gasteiger partial charge in [0.15, 0.2) is 17.2 Å². The number of rotatable bonds is 10. The van der Waals surface area contributed by atoms with Crippen LogP contribution in [0.1, 0.15) is 0 Å². The number of hydrogen-bond acceptors (Lipinski definition) is 4. The number of nitrogens with zero attached hydrogens (tertiary/aromatic N) is 8. The SMILES string of the molecule is [C-]#[N+]c1ccc2c3ccc(-c4cc5ccc6cc(-c7cc(-c8ccccn8)cc(-c8ccccn8)c7)cc7ccc(c4)c5c67)cc3n(-c3ccccc3)c2c1.[C-]#[N+]c1ccc2c3ccc(-c4cc5ccc6cc(-c7nc(-c8ccccc8)cc(-c8ccccc8)n7)cc7ccc(c4)c5c67)cc3n(-c3ccccc3)c2c1. The Kier molecular flexibility index (Phi) is 14.9. The largest absolute Gasteiger partial charge is 0.310 e. The molecule has 0 radical (unpaired) electrons. The predicted octanol–water partition coefficient (Wildman–Crippen LogP) is 27.4. The first-order chi connectivity index (χ1) is 54.4. The molecule has 0 fully saturated rings. The number of para-hydroxylation sites is 2. The van der Waals surface area contributed by atoms with E-state index in [4.69, 9.17) is 23.1 Å². The molecule has 17 aromatic carbocycles. The molecule has 0 atom stereocenters. The van der Waals surface area contributed by atoms with Crippen molar-refractivity contribution in [1.82, 2.24) is 29.1 Å². The van der Waals surface area contributed by atoms with E-state index in [9.17, 15) is 0 Å². The van der Waals surface area contributed by atoms with Gasteiger partial charge in [-0.15, -0.1) is 0 Å². The summed E-state index contributed by atoms with van der Waals surface area (Å²) in [6, 6.07) is 124. The second-order valence-electron chi connectivity index (χ2n) is 28.3. The summed E-state index contributed by atoms with van der Waals surface area (Å²) in [6.45, 7) is 15.3. The monoisotopic (exact) mass is 1400 g/mol. The Bertz CT molecular complexity index is 6810. The van der Waals surface area contributed by atoms with Crippen LogP contribution in [-0.2, 0) is 0 Å². The topological polar surface area (TPSA) is 70.1 Å². The molecule has 508 valence electrons. The van der Waals surface area contributed by atoms with Crippen LogP contribution in [0.5, 0.6) is 0 Å². The predicted molar refractivity (Wildman–Crippen MR) is 456 cm³/mol. The molecule has 0 spiro atoms. The molecule has 8 nitrogen and oxygen atoms in total. The maximum absolute atomic E-state index is 7.66. The summed E-state index contributed by atoms with van der Waals surface area (Å²) >= 11 is 0. The van der Waals surface area contributed by atoms with Gasteiger partial charge in [-0.1, -0.05) is 206 Å².